The van der Waals surface area contributed by atoms with Gasteiger partial charge in [0, 0.05) is 19.2 Å². The molecule has 24 heavy (non-hydrogen) atoms. The molecular weight excluding hydrogens is 369 g/mol. The van der Waals surface area contributed by atoms with Crippen LogP contribution in [0.25, 0.3) is 0 Å². The van der Waals surface area contributed by atoms with E-state index in [-0.39, 0.29) is 6.10 Å². The molecule has 7 heteroatoms. The quantitative estimate of drug-likeness (QED) is 0.698. The van der Waals surface area contributed by atoms with E-state index in [1.165, 1.54) is 0 Å². The highest BCUT2D eigenvalue weighted by Crippen LogP contribution is 2.25. The van der Waals surface area contributed by atoms with E-state index in [0.717, 1.165) is 37.3 Å². The van der Waals surface area contributed by atoms with E-state index in [2.05, 4.69) is 14.9 Å². The molecule has 0 radical (unpaired) electrons. The second-order valence-corrected chi connectivity index (χ2v) is 7.04. The first-order valence-corrected chi connectivity index (χ1v) is 8.96. The smallest absolute Gasteiger partial charge is 0.134 e. The molecular formula is C17H18Cl3N3O. The Morgan fingerprint density at radius 3 is 2.50 bits per heavy atom. The van der Waals surface area contributed by atoms with Gasteiger partial charge in [0.15, 0.2) is 0 Å². The Balaban J connectivity index is 1.52. The normalized spacial score (nSPS) is 15.8. The van der Waals surface area contributed by atoms with Gasteiger partial charge in [-0.3, -0.25) is 0 Å². The molecule has 0 saturated carbocycles. The van der Waals surface area contributed by atoms with Crippen LogP contribution < -0.4 is 4.90 Å². The summed E-state index contributed by atoms with van der Waals surface area (Å²) in [5.41, 5.74) is 1.03. The van der Waals surface area contributed by atoms with Gasteiger partial charge in [0.25, 0.3) is 0 Å². The molecule has 1 aromatic carbocycles. The molecule has 0 aliphatic carbocycles. The Hall–Kier alpha value is -1.07. The van der Waals surface area contributed by atoms with Crippen molar-refractivity contribution in [3.8, 4) is 0 Å². The Morgan fingerprint density at radius 1 is 1.08 bits per heavy atom. The number of piperidine rings is 1. The van der Waals surface area contributed by atoms with Crippen molar-refractivity contribution < 1.29 is 4.74 Å². The fraction of sp³-hybridized carbons (Fsp3) is 0.412. The van der Waals surface area contributed by atoms with Gasteiger partial charge in [0.2, 0.25) is 0 Å². The van der Waals surface area contributed by atoms with E-state index in [4.69, 9.17) is 39.5 Å². The monoisotopic (exact) mass is 385 g/mol. The fourth-order valence-corrected chi connectivity index (χ4v) is 3.31. The van der Waals surface area contributed by atoms with E-state index in [1.807, 2.05) is 25.1 Å². The van der Waals surface area contributed by atoms with E-state index in [1.54, 1.807) is 6.07 Å². The molecule has 2 heterocycles. The summed E-state index contributed by atoms with van der Waals surface area (Å²) in [6.07, 6.45) is 2.12. The van der Waals surface area contributed by atoms with Crippen LogP contribution in [0.1, 0.15) is 24.2 Å². The van der Waals surface area contributed by atoms with Crippen LogP contribution in [-0.4, -0.2) is 29.2 Å². The fourth-order valence-electron chi connectivity index (χ4n) is 2.77. The zero-order valence-corrected chi connectivity index (χ0v) is 15.6. The standard InChI is InChI=1S/C17H18Cl3N3O/c1-11-21-16(20)9-17(22-11)23-6-4-13(5-7-23)24-10-12-2-3-14(18)15(19)8-12/h2-3,8-9,13H,4-7,10H2,1H3. The lowest BCUT2D eigenvalue weighted by atomic mass is 10.1. The average molecular weight is 387 g/mol. The molecule has 0 atom stereocenters. The number of benzene rings is 1. The third kappa shape index (κ3) is 4.51. The first-order valence-electron chi connectivity index (χ1n) is 7.83. The molecule has 0 bridgehead atoms. The number of hydrogen-bond donors (Lipinski definition) is 0. The second kappa shape index (κ2) is 7.87. The SMILES string of the molecule is Cc1nc(Cl)cc(N2CCC(OCc3ccc(Cl)c(Cl)c3)CC2)n1. The van der Waals surface area contributed by atoms with Gasteiger partial charge < -0.3 is 9.64 Å². The number of hydrogen-bond acceptors (Lipinski definition) is 4. The van der Waals surface area contributed by atoms with Crippen LogP contribution in [0.5, 0.6) is 0 Å². The minimum absolute atomic E-state index is 0.231. The predicted octanol–water partition coefficient (Wildman–Crippen LogP) is 4.93. The van der Waals surface area contributed by atoms with Crippen molar-refractivity contribution in [3.05, 3.63) is 50.9 Å². The van der Waals surface area contributed by atoms with Crippen LogP contribution in [0, 0.1) is 6.92 Å². The number of nitrogens with zero attached hydrogens (tertiary/aromatic N) is 3. The lowest BCUT2D eigenvalue weighted by Gasteiger charge is -2.32. The van der Waals surface area contributed by atoms with Gasteiger partial charge in [-0.2, -0.15) is 0 Å². The molecule has 1 aromatic heterocycles. The molecule has 1 saturated heterocycles. The van der Waals surface area contributed by atoms with Crippen molar-refractivity contribution >= 4 is 40.6 Å². The Kier molecular flexibility index (Phi) is 5.82. The Morgan fingerprint density at radius 2 is 1.83 bits per heavy atom. The summed E-state index contributed by atoms with van der Waals surface area (Å²) >= 11 is 18.0. The first kappa shape index (κ1) is 17.7. The largest absolute Gasteiger partial charge is 0.373 e. The highest BCUT2D eigenvalue weighted by Gasteiger charge is 2.21. The first-order chi connectivity index (χ1) is 11.5. The minimum Gasteiger partial charge on any atom is -0.373 e. The Bertz CT molecular complexity index is 698. The van der Waals surface area contributed by atoms with Gasteiger partial charge in [0.05, 0.1) is 22.8 Å². The van der Waals surface area contributed by atoms with Gasteiger partial charge in [-0.15, -0.1) is 0 Å². The van der Waals surface area contributed by atoms with E-state index >= 15 is 0 Å². The molecule has 3 rings (SSSR count). The third-order valence-corrected chi connectivity index (χ3v) is 4.96. The lowest BCUT2D eigenvalue weighted by Crippen LogP contribution is -2.37. The van der Waals surface area contributed by atoms with Gasteiger partial charge in [-0.05, 0) is 37.5 Å². The van der Waals surface area contributed by atoms with Crippen LogP contribution in [0.3, 0.4) is 0 Å². The maximum Gasteiger partial charge on any atom is 0.134 e. The van der Waals surface area contributed by atoms with Crippen molar-refractivity contribution in [1.29, 1.82) is 0 Å². The van der Waals surface area contributed by atoms with Crippen molar-refractivity contribution in [2.75, 3.05) is 18.0 Å². The maximum absolute atomic E-state index is 6.03. The summed E-state index contributed by atoms with van der Waals surface area (Å²) in [5, 5.41) is 1.60. The number of anilines is 1. The molecule has 2 aromatic rings. The van der Waals surface area contributed by atoms with E-state index in [9.17, 15) is 0 Å². The molecule has 0 unspecified atom stereocenters. The molecule has 128 valence electrons. The van der Waals surface area contributed by atoms with E-state index in [0.29, 0.717) is 27.6 Å². The summed E-state index contributed by atoms with van der Waals surface area (Å²) in [6.45, 7) is 4.17. The van der Waals surface area contributed by atoms with Crippen LogP contribution in [0.15, 0.2) is 24.3 Å². The minimum atomic E-state index is 0.231. The molecule has 0 spiro atoms. The van der Waals surface area contributed by atoms with Gasteiger partial charge in [-0.1, -0.05) is 40.9 Å². The lowest BCUT2D eigenvalue weighted by molar-refractivity contribution is 0.0250. The molecule has 0 N–H and O–H groups in total. The predicted molar refractivity (Wildman–Crippen MR) is 98.3 cm³/mol. The second-order valence-electron chi connectivity index (χ2n) is 5.84. The van der Waals surface area contributed by atoms with Crippen molar-refractivity contribution in [2.45, 2.75) is 32.5 Å². The number of ether oxygens (including phenoxy) is 1. The number of rotatable bonds is 4. The summed E-state index contributed by atoms with van der Waals surface area (Å²) in [5.74, 6) is 1.57. The highest BCUT2D eigenvalue weighted by molar-refractivity contribution is 6.42. The van der Waals surface area contributed by atoms with Gasteiger partial charge in [-0.25, -0.2) is 9.97 Å². The van der Waals surface area contributed by atoms with Gasteiger partial charge >= 0.3 is 0 Å². The zero-order chi connectivity index (χ0) is 17.1. The molecule has 1 aliphatic rings. The summed E-state index contributed by atoms with van der Waals surface area (Å²) < 4.78 is 6.01. The van der Waals surface area contributed by atoms with E-state index < -0.39 is 0 Å². The van der Waals surface area contributed by atoms with Crippen LogP contribution in [0.2, 0.25) is 15.2 Å². The van der Waals surface area contributed by atoms with Crippen molar-refractivity contribution in [2.24, 2.45) is 0 Å². The number of aryl methyl sites for hydroxylation is 1. The topological polar surface area (TPSA) is 38.2 Å². The average Bonchev–Trinajstić information content (AvgIpc) is 2.55. The molecule has 1 fully saturated rings. The van der Waals surface area contributed by atoms with Crippen LogP contribution >= 0.6 is 34.8 Å². The van der Waals surface area contributed by atoms with Crippen molar-refractivity contribution in [3.63, 3.8) is 0 Å². The Labute approximate surface area is 156 Å². The molecule has 4 nitrogen and oxygen atoms in total. The van der Waals surface area contributed by atoms with Crippen LogP contribution in [-0.2, 0) is 11.3 Å². The number of halogens is 3. The van der Waals surface area contributed by atoms with Crippen LogP contribution in [0.4, 0.5) is 5.82 Å². The zero-order valence-electron chi connectivity index (χ0n) is 13.3. The van der Waals surface area contributed by atoms with Gasteiger partial charge in [0.1, 0.15) is 16.8 Å². The summed E-state index contributed by atoms with van der Waals surface area (Å²) in [6, 6.07) is 7.40. The highest BCUT2D eigenvalue weighted by atomic mass is 35.5. The number of aromatic nitrogens is 2. The summed E-state index contributed by atoms with van der Waals surface area (Å²) in [4.78, 5) is 10.8. The molecule has 0 amide bonds. The van der Waals surface area contributed by atoms with Crippen molar-refractivity contribution in [1.82, 2.24) is 9.97 Å². The third-order valence-electron chi connectivity index (χ3n) is 4.03. The summed E-state index contributed by atoms with van der Waals surface area (Å²) in [7, 11) is 0. The molecule has 1 aliphatic heterocycles. The maximum atomic E-state index is 6.03.